The third kappa shape index (κ3) is 3.29. The van der Waals surface area contributed by atoms with E-state index in [0.29, 0.717) is 17.3 Å². The lowest BCUT2D eigenvalue weighted by Gasteiger charge is -2.19. The number of rotatable bonds is 4. The van der Waals surface area contributed by atoms with E-state index in [1.807, 2.05) is 0 Å². The minimum absolute atomic E-state index is 0.116. The predicted octanol–water partition coefficient (Wildman–Crippen LogP) is 0.607. The van der Waals surface area contributed by atoms with Gasteiger partial charge in [0.15, 0.2) is 29.5 Å². The van der Waals surface area contributed by atoms with Crippen LogP contribution in [0.2, 0.25) is 0 Å². The number of halogens is 1. The number of ether oxygens (including phenoxy) is 1. The number of fused-ring (bicyclic) bond motifs is 1. The number of carbonyl (C=O) groups excluding carboxylic acids is 2. The van der Waals surface area contributed by atoms with Crippen LogP contribution in [0.25, 0.3) is 0 Å². The van der Waals surface area contributed by atoms with Crippen LogP contribution in [0.1, 0.15) is 16.2 Å². The van der Waals surface area contributed by atoms with Gasteiger partial charge in [-0.3, -0.25) is 19.2 Å². The maximum absolute atomic E-state index is 14.2. The fourth-order valence-corrected chi connectivity index (χ4v) is 2.77. The third-order valence-corrected chi connectivity index (χ3v) is 4.15. The molecular weight excluding hydrogens is 371 g/mol. The Morgan fingerprint density at radius 3 is 3.07 bits per heavy atom. The van der Waals surface area contributed by atoms with Gasteiger partial charge in [0.25, 0.3) is 11.8 Å². The van der Waals surface area contributed by atoms with Crippen LogP contribution >= 0.6 is 0 Å². The van der Waals surface area contributed by atoms with Gasteiger partial charge in [0.05, 0.1) is 12.7 Å². The summed E-state index contributed by atoms with van der Waals surface area (Å²) in [5, 5.41) is 6.40. The molecule has 1 atom stereocenters. The van der Waals surface area contributed by atoms with Crippen molar-refractivity contribution in [2.45, 2.75) is 12.6 Å². The molecule has 4 rings (SSSR count). The number of carbonyl (C=O) groups is 2. The summed E-state index contributed by atoms with van der Waals surface area (Å²) in [7, 11) is 1.52. The summed E-state index contributed by atoms with van der Waals surface area (Å²) in [6.07, 6.45) is 5.23. The topological polar surface area (TPSA) is 115 Å². The van der Waals surface area contributed by atoms with E-state index in [4.69, 9.17) is 9.15 Å². The normalized spacial score (nSPS) is 16.3. The van der Waals surface area contributed by atoms with E-state index in [1.54, 1.807) is 12.1 Å². The van der Waals surface area contributed by atoms with Gasteiger partial charge in [0, 0.05) is 13.2 Å². The van der Waals surface area contributed by atoms with Crippen molar-refractivity contribution in [1.82, 2.24) is 25.1 Å². The van der Waals surface area contributed by atoms with Crippen LogP contribution in [0.4, 0.5) is 10.2 Å². The summed E-state index contributed by atoms with van der Waals surface area (Å²) in [4.78, 5) is 34.4. The number of amides is 2. The number of nitrogens with one attached hydrogen (secondary N) is 1. The smallest absolute Gasteiger partial charge is 0.275 e. The zero-order chi connectivity index (χ0) is 19.7. The van der Waals surface area contributed by atoms with Crippen molar-refractivity contribution < 1.29 is 23.1 Å². The molecule has 11 heteroatoms. The number of anilines is 1. The van der Waals surface area contributed by atoms with Crippen molar-refractivity contribution in [2.75, 3.05) is 18.6 Å². The molecule has 1 aliphatic heterocycles. The molecule has 0 radical (unpaired) electrons. The van der Waals surface area contributed by atoms with Crippen LogP contribution in [-0.4, -0.2) is 51.3 Å². The van der Waals surface area contributed by atoms with Crippen LogP contribution in [0.5, 0.6) is 5.75 Å². The molecule has 0 saturated heterocycles. The first-order valence-corrected chi connectivity index (χ1v) is 8.29. The van der Waals surface area contributed by atoms with Gasteiger partial charge in [-0.25, -0.2) is 14.4 Å². The molecule has 10 nitrogen and oxygen atoms in total. The minimum atomic E-state index is -1.02. The second-order valence-electron chi connectivity index (χ2n) is 6.06. The molecule has 0 aromatic carbocycles. The van der Waals surface area contributed by atoms with Crippen molar-refractivity contribution in [3.8, 4) is 5.75 Å². The molecule has 0 fully saturated rings. The molecule has 144 valence electrons. The fourth-order valence-electron chi connectivity index (χ4n) is 2.77. The molecule has 28 heavy (non-hydrogen) atoms. The van der Waals surface area contributed by atoms with E-state index in [9.17, 15) is 14.0 Å². The summed E-state index contributed by atoms with van der Waals surface area (Å²) in [5.74, 6) is -1.33. The van der Waals surface area contributed by atoms with Crippen molar-refractivity contribution in [3.05, 3.63) is 54.4 Å². The number of hydrogen-bond donors (Lipinski definition) is 1. The summed E-state index contributed by atoms with van der Waals surface area (Å²) in [5.41, 5.74) is 0.0903. The Labute approximate surface area is 157 Å². The molecule has 0 saturated carbocycles. The van der Waals surface area contributed by atoms with Crippen molar-refractivity contribution in [2.24, 2.45) is 0 Å². The van der Waals surface area contributed by atoms with E-state index < -0.39 is 29.4 Å². The number of nitrogens with zero attached hydrogens (tertiary/aromatic N) is 5. The Hall–Kier alpha value is -3.76. The zero-order valence-electron chi connectivity index (χ0n) is 14.7. The second-order valence-corrected chi connectivity index (χ2v) is 6.06. The first-order valence-electron chi connectivity index (χ1n) is 8.29. The van der Waals surface area contributed by atoms with E-state index >= 15 is 0 Å². The fraction of sp³-hybridized carbons (Fsp3) is 0.235. The van der Waals surface area contributed by atoms with Crippen LogP contribution in [0.3, 0.4) is 0 Å². The minimum Gasteiger partial charge on any atom is -0.487 e. The highest BCUT2D eigenvalue weighted by Crippen LogP contribution is 2.27. The first kappa shape index (κ1) is 17.6. The number of likely N-dealkylation sites (N-methyl/N-ethyl adjacent to an activating group) is 1. The maximum Gasteiger partial charge on any atom is 0.275 e. The molecule has 2 amide bonds. The number of oxazole rings is 1. The zero-order valence-corrected chi connectivity index (χ0v) is 14.7. The van der Waals surface area contributed by atoms with Gasteiger partial charge in [0.2, 0.25) is 0 Å². The highest BCUT2D eigenvalue weighted by molar-refractivity contribution is 6.02. The molecule has 0 aliphatic carbocycles. The lowest BCUT2D eigenvalue weighted by Crippen LogP contribution is -2.49. The number of hydrogen-bond acceptors (Lipinski definition) is 7. The number of aromatic nitrogens is 4. The largest absolute Gasteiger partial charge is 0.487 e. The summed E-state index contributed by atoms with van der Waals surface area (Å²) >= 11 is 0. The first-order chi connectivity index (χ1) is 13.5. The lowest BCUT2D eigenvalue weighted by molar-refractivity contribution is -0.120. The second kappa shape index (κ2) is 7.10. The molecule has 3 aromatic heterocycles. The highest BCUT2D eigenvalue weighted by Gasteiger charge is 2.32. The molecular formula is C17H15FN6O4. The van der Waals surface area contributed by atoms with Gasteiger partial charge in [-0.1, -0.05) is 0 Å². The van der Waals surface area contributed by atoms with Crippen molar-refractivity contribution >= 4 is 17.6 Å². The van der Waals surface area contributed by atoms with Gasteiger partial charge < -0.3 is 14.5 Å². The molecule has 1 aliphatic rings. The van der Waals surface area contributed by atoms with E-state index in [-0.39, 0.29) is 13.2 Å². The van der Waals surface area contributed by atoms with Gasteiger partial charge in [-0.2, -0.15) is 5.10 Å². The van der Waals surface area contributed by atoms with E-state index in [2.05, 4.69) is 20.4 Å². The van der Waals surface area contributed by atoms with E-state index in [0.717, 1.165) is 6.20 Å². The Bertz CT molecular complexity index is 1020. The highest BCUT2D eigenvalue weighted by atomic mass is 19.1. The van der Waals surface area contributed by atoms with Gasteiger partial charge in [-0.05, 0) is 12.1 Å². The SMILES string of the molecule is CN1C(=O)C(NC(=O)c2nn(Cc3cocn3)cc2F)COc2cccnc21. The monoisotopic (exact) mass is 386 g/mol. The Morgan fingerprint density at radius 1 is 1.43 bits per heavy atom. The van der Waals surface area contributed by atoms with Crippen LogP contribution in [0.15, 0.2) is 41.6 Å². The molecule has 1 unspecified atom stereocenters. The van der Waals surface area contributed by atoms with Crippen molar-refractivity contribution in [3.63, 3.8) is 0 Å². The maximum atomic E-state index is 14.2. The van der Waals surface area contributed by atoms with Crippen LogP contribution in [-0.2, 0) is 11.3 Å². The van der Waals surface area contributed by atoms with Gasteiger partial charge >= 0.3 is 0 Å². The van der Waals surface area contributed by atoms with Crippen LogP contribution < -0.4 is 15.0 Å². The molecule has 0 bridgehead atoms. The quantitative estimate of drug-likeness (QED) is 0.698. The molecule has 0 spiro atoms. The number of pyridine rings is 1. The van der Waals surface area contributed by atoms with Gasteiger partial charge in [0.1, 0.15) is 24.6 Å². The van der Waals surface area contributed by atoms with Crippen molar-refractivity contribution in [1.29, 1.82) is 0 Å². The Morgan fingerprint density at radius 2 is 2.29 bits per heavy atom. The Kier molecular flexibility index (Phi) is 4.47. The van der Waals surface area contributed by atoms with Crippen LogP contribution in [0, 0.1) is 5.82 Å². The third-order valence-electron chi connectivity index (χ3n) is 4.15. The van der Waals surface area contributed by atoms with Gasteiger partial charge in [-0.15, -0.1) is 0 Å². The molecule has 4 heterocycles. The summed E-state index contributed by atoms with van der Waals surface area (Å²) in [6, 6.07) is 2.32. The predicted molar refractivity (Wildman–Crippen MR) is 92.2 cm³/mol. The Balaban J connectivity index is 1.49. The summed E-state index contributed by atoms with van der Waals surface area (Å²) < 4.78 is 25.8. The van der Waals surface area contributed by atoms with E-state index in [1.165, 1.54) is 35.5 Å². The standard InChI is InChI=1S/C17H15FN6O4/c1-23-15-13(3-2-4-19-15)28-8-12(17(23)26)21-16(25)14-11(18)6-24(22-14)5-10-7-27-9-20-10/h2-4,6-7,9,12H,5,8H2,1H3,(H,21,25). The average molecular weight is 386 g/mol. The average Bonchev–Trinajstić information content (AvgIpc) is 3.31. The molecule has 3 aromatic rings. The molecule has 1 N–H and O–H groups in total. The lowest BCUT2D eigenvalue weighted by atomic mass is 10.2. The summed E-state index contributed by atoms with van der Waals surface area (Å²) in [6.45, 7) is 0.0186.